The largest absolute Gasteiger partial charge is 0.392 e. The van der Waals surface area contributed by atoms with Crippen molar-refractivity contribution in [3.05, 3.63) is 34.9 Å². The Kier molecular flexibility index (Phi) is 7.33. The van der Waals surface area contributed by atoms with Crippen molar-refractivity contribution in [1.82, 2.24) is 0 Å². The maximum absolute atomic E-state index is 10.8. The summed E-state index contributed by atoms with van der Waals surface area (Å²) < 4.78 is 6.17. The van der Waals surface area contributed by atoms with E-state index in [0.29, 0.717) is 31.3 Å². The highest BCUT2D eigenvalue weighted by Crippen LogP contribution is 2.58. The van der Waals surface area contributed by atoms with Gasteiger partial charge in [0, 0.05) is 6.61 Å². The summed E-state index contributed by atoms with van der Waals surface area (Å²) in [5.74, 6) is 0.840. The predicted octanol–water partition coefficient (Wildman–Crippen LogP) is 4.69. The van der Waals surface area contributed by atoms with Gasteiger partial charge in [-0.05, 0) is 101 Å². The number of ether oxygens (including phenoxy) is 1. The maximum atomic E-state index is 10.8. The highest BCUT2D eigenvalue weighted by molar-refractivity contribution is 5.37. The summed E-state index contributed by atoms with van der Waals surface area (Å²) in [4.78, 5) is 0. The van der Waals surface area contributed by atoms with E-state index in [1.54, 1.807) is 0 Å². The molecule has 0 bridgehead atoms. The van der Waals surface area contributed by atoms with Gasteiger partial charge in [-0.3, -0.25) is 0 Å². The zero-order valence-electron chi connectivity index (χ0n) is 19.5. The van der Waals surface area contributed by atoms with Crippen LogP contribution in [-0.4, -0.2) is 45.8 Å². The van der Waals surface area contributed by atoms with Crippen molar-refractivity contribution >= 4 is 0 Å². The standard InChI is InChI=1S/C26H42O4/c1-17-6-8-20(27)16-19(17)7-9-21-23-11-10-22(26(23,5)13-12-24(21)28)18(2)30-15-14-25(3,4)29/h6-7,9,18,20,22-24,27-29H,8,10-16H2,1-5H3/b19-7+,21-9-/t18-,20-,22+,23-,24+,26?/m0/s1. The lowest BCUT2D eigenvalue weighted by Crippen LogP contribution is -2.42. The Bertz CT molecular complexity index is 698. The van der Waals surface area contributed by atoms with E-state index in [4.69, 9.17) is 4.74 Å². The van der Waals surface area contributed by atoms with E-state index in [-0.39, 0.29) is 23.7 Å². The zero-order valence-corrected chi connectivity index (χ0v) is 19.5. The van der Waals surface area contributed by atoms with Crippen LogP contribution in [0.1, 0.15) is 79.6 Å². The zero-order chi connectivity index (χ0) is 22.1. The van der Waals surface area contributed by atoms with Crippen LogP contribution in [-0.2, 0) is 4.74 Å². The lowest BCUT2D eigenvalue weighted by Gasteiger charge is -2.45. The molecule has 0 heterocycles. The van der Waals surface area contributed by atoms with Crippen LogP contribution in [0.4, 0.5) is 0 Å². The van der Waals surface area contributed by atoms with Crippen molar-refractivity contribution in [2.75, 3.05) is 6.61 Å². The van der Waals surface area contributed by atoms with E-state index in [2.05, 4.69) is 39.0 Å². The molecule has 1 unspecified atom stereocenters. The van der Waals surface area contributed by atoms with Crippen LogP contribution in [0.15, 0.2) is 34.9 Å². The minimum Gasteiger partial charge on any atom is -0.392 e. The average Bonchev–Trinajstić information content (AvgIpc) is 3.00. The number of hydrogen-bond acceptors (Lipinski definition) is 4. The predicted molar refractivity (Wildman–Crippen MR) is 121 cm³/mol. The highest BCUT2D eigenvalue weighted by atomic mass is 16.5. The van der Waals surface area contributed by atoms with Gasteiger partial charge in [-0.25, -0.2) is 0 Å². The third-order valence-electron chi connectivity index (χ3n) is 7.95. The molecule has 0 aliphatic heterocycles. The topological polar surface area (TPSA) is 69.9 Å². The Hall–Kier alpha value is -0.940. The quantitative estimate of drug-likeness (QED) is 0.585. The van der Waals surface area contributed by atoms with Gasteiger partial charge in [0.1, 0.15) is 0 Å². The van der Waals surface area contributed by atoms with Gasteiger partial charge < -0.3 is 20.1 Å². The summed E-state index contributed by atoms with van der Waals surface area (Å²) in [7, 11) is 0. The molecule has 3 N–H and O–H groups in total. The number of rotatable bonds is 6. The van der Waals surface area contributed by atoms with Crippen LogP contribution >= 0.6 is 0 Å². The molecule has 3 rings (SSSR count). The van der Waals surface area contributed by atoms with E-state index < -0.39 is 5.60 Å². The van der Waals surface area contributed by atoms with Gasteiger partial charge >= 0.3 is 0 Å². The molecule has 0 spiro atoms. The lowest BCUT2D eigenvalue weighted by molar-refractivity contribution is -0.0511. The van der Waals surface area contributed by atoms with Gasteiger partial charge in [-0.2, -0.15) is 0 Å². The van der Waals surface area contributed by atoms with Gasteiger partial charge in [0.15, 0.2) is 0 Å². The second kappa shape index (κ2) is 9.28. The van der Waals surface area contributed by atoms with Gasteiger partial charge in [0.05, 0.1) is 23.9 Å². The van der Waals surface area contributed by atoms with Crippen molar-refractivity contribution < 1.29 is 20.1 Å². The Morgan fingerprint density at radius 1 is 1.23 bits per heavy atom. The fourth-order valence-electron chi connectivity index (χ4n) is 5.97. The molecule has 0 saturated heterocycles. The summed E-state index contributed by atoms with van der Waals surface area (Å²) in [5.41, 5.74) is 3.02. The lowest BCUT2D eigenvalue weighted by atomic mass is 9.61. The summed E-state index contributed by atoms with van der Waals surface area (Å²) in [6.45, 7) is 10.9. The van der Waals surface area contributed by atoms with E-state index in [1.807, 2.05) is 13.8 Å². The van der Waals surface area contributed by atoms with Crippen LogP contribution < -0.4 is 0 Å². The second-order valence-electron chi connectivity index (χ2n) is 10.8. The molecule has 170 valence electrons. The first-order chi connectivity index (χ1) is 14.0. The molecule has 2 fully saturated rings. The second-order valence-corrected chi connectivity index (χ2v) is 10.8. The van der Waals surface area contributed by atoms with Crippen LogP contribution in [0.3, 0.4) is 0 Å². The number of allylic oxidation sites excluding steroid dienone is 3. The van der Waals surface area contributed by atoms with E-state index >= 15 is 0 Å². The summed E-state index contributed by atoms with van der Waals surface area (Å²) in [6, 6.07) is 0. The van der Waals surface area contributed by atoms with Crippen molar-refractivity contribution in [1.29, 1.82) is 0 Å². The van der Waals surface area contributed by atoms with Crippen LogP contribution in [0.5, 0.6) is 0 Å². The minimum absolute atomic E-state index is 0.134. The molecule has 2 saturated carbocycles. The first-order valence-corrected chi connectivity index (χ1v) is 11.8. The van der Waals surface area contributed by atoms with Gasteiger partial charge in [-0.15, -0.1) is 0 Å². The van der Waals surface area contributed by atoms with Crippen LogP contribution in [0, 0.1) is 17.3 Å². The first-order valence-electron chi connectivity index (χ1n) is 11.8. The third kappa shape index (κ3) is 5.27. The molecule has 0 radical (unpaired) electrons. The van der Waals surface area contributed by atoms with Crippen molar-refractivity contribution in [2.24, 2.45) is 17.3 Å². The van der Waals surface area contributed by atoms with Crippen molar-refractivity contribution in [3.8, 4) is 0 Å². The molecule has 6 atom stereocenters. The smallest absolute Gasteiger partial charge is 0.0756 e. The van der Waals surface area contributed by atoms with Gasteiger partial charge in [0.2, 0.25) is 0 Å². The van der Waals surface area contributed by atoms with E-state index in [9.17, 15) is 15.3 Å². The van der Waals surface area contributed by atoms with E-state index in [0.717, 1.165) is 37.7 Å². The molecule has 0 aromatic rings. The number of aliphatic hydroxyl groups excluding tert-OH is 2. The molecule has 30 heavy (non-hydrogen) atoms. The SMILES string of the molecule is CC1=CC[C@H](O)C/C1=C\C=C1/[C@H](O)CCC2(C)[C@@H]([C@H](C)OCCC(C)(C)O)CC[C@@H]12. The Morgan fingerprint density at radius 3 is 2.67 bits per heavy atom. The Morgan fingerprint density at radius 2 is 1.97 bits per heavy atom. The van der Waals surface area contributed by atoms with Crippen LogP contribution in [0.25, 0.3) is 0 Å². The Labute approximate surface area is 182 Å². The summed E-state index contributed by atoms with van der Waals surface area (Å²) in [6.07, 6.45) is 12.0. The molecule has 0 aromatic carbocycles. The summed E-state index contributed by atoms with van der Waals surface area (Å²) >= 11 is 0. The average molecular weight is 419 g/mol. The molecular formula is C26H42O4. The molecule has 3 aliphatic rings. The molecular weight excluding hydrogens is 376 g/mol. The maximum Gasteiger partial charge on any atom is 0.0756 e. The fraction of sp³-hybridized carbons (Fsp3) is 0.769. The molecule has 4 nitrogen and oxygen atoms in total. The molecule has 0 amide bonds. The number of fused-ring (bicyclic) bond motifs is 1. The van der Waals surface area contributed by atoms with Crippen LogP contribution in [0.2, 0.25) is 0 Å². The van der Waals surface area contributed by atoms with Gasteiger partial charge in [0.25, 0.3) is 0 Å². The number of hydrogen-bond donors (Lipinski definition) is 3. The number of aliphatic hydroxyl groups is 3. The first kappa shape index (κ1) is 23.7. The highest BCUT2D eigenvalue weighted by Gasteiger charge is 2.53. The van der Waals surface area contributed by atoms with Crippen molar-refractivity contribution in [3.63, 3.8) is 0 Å². The Balaban J connectivity index is 1.74. The normalized spacial score (nSPS) is 38.6. The third-order valence-corrected chi connectivity index (χ3v) is 7.95. The molecule has 0 aromatic heterocycles. The summed E-state index contributed by atoms with van der Waals surface area (Å²) in [5, 5.41) is 30.8. The van der Waals surface area contributed by atoms with Crippen molar-refractivity contribution in [2.45, 2.75) is 103 Å². The van der Waals surface area contributed by atoms with E-state index in [1.165, 1.54) is 11.1 Å². The molecule has 3 aliphatic carbocycles. The fourth-order valence-corrected chi connectivity index (χ4v) is 5.97. The molecule has 4 heteroatoms. The minimum atomic E-state index is -0.695. The van der Waals surface area contributed by atoms with Gasteiger partial charge in [-0.1, -0.05) is 30.7 Å². The monoisotopic (exact) mass is 418 g/mol.